The van der Waals surface area contributed by atoms with E-state index in [2.05, 4.69) is 14.9 Å². The van der Waals surface area contributed by atoms with Crippen LogP contribution in [0.25, 0.3) is 0 Å². The molecule has 1 atom stereocenters. The Bertz CT molecular complexity index is 171. The average Bonchev–Trinajstić information content (AvgIpc) is 2.12. The zero-order valence-corrected chi connectivity index (χ0v) is 6.99. The van der Waals surface area contributed by atoms with Crippen molar-refractivity contribution in [3.8, 4) is 0 Å². The van der Waals surface area contributed by atoms with Crippen LogP contribution in [0.5, 0.6) is 0 Å². The number of hydrazine groups is 1. The van der Waals surface area contributed by atoms with Crippen LogP contribution in [0.1, 0.15) is 6.42 Å². The van der Waals surface area contributed by atoms with Gasteiger partial charge in [-0.05, 0) is 0 Å². The summed E-state index contributed by atoms with van der Waals surface area (Å²) in [7, 11) is 2.44. The molecule has 1 unspecified atom stereocenters. The van der Waals surface area contributed by atoms with E-state index in [4.69, 9.17) is 5.84 Å². The molecule has 0 heterocycles. The monoisotopic (exact) mass is 176 g/mol. The van der Waals surface area contributed by atoms with E-state index in [-0.39, 0.29) is 6.42 Å². The van der Waals surface area contributed by atoms with Crippen LogP contribution in [-0.2, 0) is 19.1 Å². The first-order valence-electron chi connectivity index (χ1n) is 3.26. The lowest BCUT2D eigenvalue weighted by Crippen LogP contribution is -2.43. The molecule has 0 aliphatic carbocycles. The zero-order chi connectivity index (χ0) is 9.56. The van der Waals surface area contributed by atoms with Gasteiger partial charge in [-0.2, -0.15) is 0 Å². The number of esters is 2. The Balaban J connectivity index is 3.99. The molecule has 0 aromatic carbocycles. The van der Waals surface area contributed by atoms with Crippen molar-refractivity contribution in [3.05, 3.63) is 0 Å². The number of hydrogen-bond acceptors (Lipinski definition) is 6. The summed E-state index contributed by atoms with van der Waals surface area (Å²) in [6, 6.07) is -0.845. The van der Waals surface area contributed by atoms with Gasteiger partial charge in [0.05, 0.1) is 20.6 Å². The van der Waals surface area contributed by atoms with Crippen LogP contribution >= 0.6 is 0 Å². The number of nitrogens with one attached hydrogen (secondary N) is 1. The molecule has 0 bridgehead atoms. The maximum absolute atomic E-state index is 10.8. The Kier molecular flexibility index (Phi) is 4.98. The third kappa shape index (κ3) is 3.31. The van der Waals surface area contributed by atoms with Crippen LogP contribution in [0.2, 0.25) is 0 Å². The highest BCUT2D eigenvalue weighted by Gasteiger charge is 2.21. The van der Waals surface area contributed by atoms with Gasteiger partial charge in [0.2, 0.25) is 0 Å². The maximum atomic E-state index is 10.8. The standard InChI is InChI=1S/C6H12N2O4/c1-11-5(9)3-4(8-7)6(10)12-2/h4,8H,3,7H2,1-2H3. The van der Waals surface area contributed by atoms with Crippen LogP contribution in [0.3, 0.4) is 0 Å². The van der Waals surface area contributed by atoms with E-state index in [1.807, 2.05) is 0 Å². The summed E-state index contributed by atoms with van der Waals surface area (Å²) in [5, 5.41) is 0. The van der Waals surface area contributed by atoms with Gasteiger partial charge in [0.1, 0.15) is 6.04 Å². The summed E-state index contributed by atoms with van der Waals surface area (Å²) < 4.78 is 8.69. The normalized spacial score (nSPS) is 11.9. The molecular weight excluding hydrogens is 164 g/mol. The number of nitrogens with two attached hydrogens (primary N) is 1. The van der Waals surface area contributed by atoms with Gasteiger partial charge in [-0.3, -0.25) is 15.4 Å². The van der Waals surface area contributed by atoms with Gasteiger partial charge in [-0.25, -0.2) is 5.43 Å². The highest BCUT2D eigenvalue weighted by Crippen LogP contribution is 1.94. The van der Waals surface area contributed by atoms with E-state index < -0.39 is 18.0 Å². The van der Waals surface area contributed by atoms with Crippen molar-refractivity contribution < 1.29 is 19.1 Å². The molecule has 3 N–H and O–H groups in total. The van der Waals surface area contributed by atoms with E-state index in [1.165, 1.54) is 14.2 Å². The topological polar surface area (TPSA) is 90.6 Å². The molecular formula is C6H12N2O4. The van der Waals surface area contributed by atoms with Gasteiger partial charge in [-0.1, -0.05) is 0 Å². The summed E-state index contributed by atoms with van der Waals surface area (Å²) in [6.45, 7) is 0. The first kappa shape index (κ1) is 10.9. The average molecular weight is 176 g/mol. The second-order valence-corrected chi connectivity index (χ2v) is 2.02. The van der Waals surface area contributed by atoms with E-state index >= 15 is 0 Å². The smallest absolute Gasteiger partial charge is 0.324 e. The molecule has 0 aromatic rings. The van der Waals surface area contributed by atoms with Crippen molar-refractivity contribution in [2.45, 2.75) is 12.5 Å². The fourth-order valence-electron chi connectivity index (χ4n) is 0.603. The van der Waals surface area contributed by atoms with Crippen molar-refractivity contribution >= 4 is 11.9 Å². The molecule has 0 aliphatic heterocycles. The molecule has 0 amide bonds. The Labute approximate surface area is 70.0 Å². The fourth-order valence-corrected chi connectivity index (χ4v) is 0.603. The molecule has 0 saturated heterocycles. The Morgan fingerprint density at radius 2 is 2.00 bits per heavy atom. The van der Waals surface area contributed by atoms with Crippen molar-refractivity contribution in [2.75, 3.05) is 14.2 Å². The summed E-state index contributed by atoms with van der Waals surface area (Å²) >= 11 is 0. The maximum Gasteiger partial charge on any atom is 0.324 e. The van der Waals surface area contributed by atoms with Gasteiger partial charge >= 0.3 is 11.9 Å². The molecule has 6 nitrogen and oxygen atoms in total. The highest BCUT2D eigenvalue weighted by molar-refractivity contribution is 5.82. The largest absolute Gasteiger partial charge is 0.469 e. The van der Waals surface area contributed by atoms with E-state index in [0.29, 0.717) is 0 Å². The summed E-state index contributed by atoms with van der Waals surface area (Å²) in [5.41, 5.74) is 2.14. The number of methoxy groups -OCH3 is 2. The van der Waals surface area contributed by atoms with Gasteiger partial charge < -0.3 is 9.47 Å². The van der Waals surface area contributed by atoms with E-state index in [1.54, 1.807) is 0 Å². The molecule has 0 rings (SSSR count). The van der Waals surface area contributed by atoms with Crippen LogP contribution in [0, 0.1) is 0 Å². The minimum atomic E-state index is -0.845. The Morgan fingerprint density at radius 3 is 2.33 bits per heavy atom. The minimum absolute atomic E-state index is 0.139. The third-order valence-corrected chi connectivity index (χ3v) is 1.29. The van der Waals surface area contributed by atoms with Gasteiger partial charge in [0.15, 0.2) is 0 Å². The number of hydrogen-bond donors (Lipinski definition) is 2. The molecule has 0 aromatic heterocycles. The highest BCUT2D eigenvalue weighted by atomic mass is 16.5. The predicted molar refractivity (Wildman–Crippen MR) is 39.8 cm³/mol. The first-order chi connectivity index (χ1) is 5.65. The summed E-state index contributed by atoms with van der Waals surface area (Å²) in [6.07, 6.45) is -0.139. The van der Waals surface area contributed by atoms with Crippen molar-refractivity contribution in [1.29, 1.82) is 0 Å². The molecule has 0 fully saturated rings. The Morgan fingerprint density at radius 1 is 1.42 bits per heavy atom. The lowest BCUT2D eigenvalue weighted by Gasteiger charge is -2.10. The molecule has 12 heavy (non-hydrogen) atoms. The molecule has 70 valence electrons. The molecule has 6 heteroatoms. The second kappa shape index (κ2) is 5.50. The second-order valence-electron chi connectivity index (χ2n) is 2.02. The van der Waals surface area contributed by atoms with Crippen molar-refractivity contribution in [1.82, 2.24) is 5.43 Å². The number of carbonyl (C=O) groups excluding carboxylic acids is 2. The lowest BCUT2D eigenvalue weighted by atomic mass is 10.2. The van der Waals surface area contributed by atoms with Crippen molar-refractivity contribution in [2.24, 2.45) is 5.84 Å². The summed E-state index contributed by atoms with van der Waals surface area (Å²) in [5.74, 6) is 3.87. The number of ether oxygens (including phenoxy) is 2. The molecule has 0 aliphatic rings. The molecule has 0 radical (unpaired) electrons. The lowest BCUT2D eigenvalue weighted by molar-refractivity contribution is -0.149. The van der Waals surface area contributed by atoms with Crippen molar-refractivity contribution in [3.63, 3.8) is 0 Å². The number of rotatable bonds is 4. The SMILES string of the molecule is COC(=O)CC(NN)C(=O)OC. The van der Waals surface area contributed by atoms with Crippen LogP contribution in [0.4, 0.5) is 0 Å². The van der Waals surface area contributed by atoms with E-state index in [9.17, 15) is 9.59 Å². The molecule has 0 saturated carbocycles. The van der Waals surface area contributed by atoms with Crippen LogP contribution < -0.4 is 11.3 Å². The quantitative estimate of drug-likeness (QED) is 0.309. The number of carbonyl (C=O) groups is 2. The van der Waals surface area contributed by atoms with Gasteiger partial charge in [0, 0.05) is 0 Å². The van der Waals surface area contributed by atoms with Gasteiger partial charge in [0.25, 0.3) is 0 Å². The van der Waals surface area contributed by atoms with Gasteiger partial charge in [-0.15, -0.1) is 0 Å². The predicted octanol–water partition coefficient (Wildman–Crippen LogP) is -1.45. The summed E-state index contributed by atoms with van der Waals surface area (Å²) in [4.78, 5) is 21.5. The van der Waals surface area contributed by atoms with Crippen LogP contribution in [0.15, 0.2) is 0 Å². The molecule has 0 spiro atoms. The first-order valence-corrected chi connectivity index (χ1v) is 3.26. The zero-order valence-electron chi connectivity index (χ0n) is 6.99. The Hall–Kier alpha value is -1.14. The van der Waals surface area contributed by atoms with Crippen LogP contribution in [-0.4, -0.2) is 32.2 Å². The van der Waals surface area contributed by atoms with E-state index in [0.717, 1.165) is 0 Å². The third-order valence-electron chi connectivity index (χ3n) is 1.29. The fraction of sp³-hybridized carbons (Fsp3) is 0.667. The minimum Gasteiger partial charge on any atom is -0.469 e.